The molecule has 0 bridgehead atoms. The van der Waals surface area contributed by atoms with Gasteiger partial charge in [0.1, 0.15) is 5.75 Å². The van der Waals surface area contributed by atoms with Gasteiger partial charge in [0.05, 0.1) is 0 Å². The van der Waals surface area contributed by atoms with Gasteiger partial charge in [-0.1, -0.05) is 32.9 Å². The lowest BCUT2D eigenvalue weighted by Crippen LogP contribution is -2.32. The molecule has 0 atom stereocenters. The van der Waals surface area contributed by atoms with Crippen LogP contribution in [-0.2, 0) is 5.41 Å². The summed E-state index contributed by atoms with van der Waals surface area (Å²) in [4.78, 5) is 11.4. The van der Waals surface area contributed by atoms with E-state index in [1.807, 2.05) is 31.3 Å². The highest BCUT2D eigenvalue weighted by atomic mass is 16.5. The van der Waals surface area contributed by atoms with E-state index in [0.29, 0.717) is 12.3 Å². The summed E-state index contributed by atoms with van der Waals surface area (Å²) in [5, 5.41) is 5.59. The topological polar surface area (TPSA) is 50.4 Å². The number of nitrogens with one attached hydrogen (secondary N) is 2. The Morgan fingerprint density at radius 2 is 1.78 bits per heavy atom. The molecule has 4 nitrogen and oxygen atoms in total. The van der Waals surface area contributed by atoms with Gasteiger partial charge >= 0.3 is 6.09 Å². The first-order valence-electron chi connectivity index (χ1n) is 6.14. The van der Waals surface area contributed by atoms with Crippen LogP contribution in [0.15, 0.2) is 24.3 Å². The Balaban J connectivity index is 2.51. The summed E-state index contributed by atoms with van der Waals surface area (Å²) in [6, 6.07) is 7.60. The van der Waals surface area contributed by atoms with Crippen molar-refractivity contribution in [2.75, 3.05) is 20.1 Å². The third-order valence-electron chi connectivity index (χ3n) is 2.58. The van der Waals surface area contributed by atoms with Gasteiger partial charge in [-0.15, -0.1) is 0 Å². The number of amides is 1. The van der Waals surface area contributed by atoms with Gasteiger partial charge in [0.15, 0.2) is 0 Å². The fourth-order valence-corrected chi connectivity index (χ4v) is 1.46. The Morgan fingerprint density at radius 1 is 1.17 bits per heavy atom. The summed E-state index contributed by atoms with van der Waals surface area (Å²) in [6.07, 6.45) is -0.422. The normalized spacial score (nSPS) is 11.1. The van der Waals surface area contributed by atoms with Crippen LogP contribution < -0.4 is 15.4 Å². The Morgan fingerprint density at radius 3 is 2.28 bits per heavy atom. The maximum atomic E-state index is 11.4. The maximum absolute atomic E-state index is 11.4. The number of hydrogen-bond acceptors (Lipinski definition) is 3. The standard InChI is InChI=1S/C14H22N2O2/c1-14(2,3)11-5-7-12(8-6-11)18-13(17)16-10-9-15-4/h5-8,15H,9-10H2,1-4H3,(H,16,17). The lowest BCUT2D eigenvalue weighted by molar-refractivity contribution is 0.200. The summed E-state index contributed by atoms with van der Waals surface area (Å²) in [5.41, 5.74) is 1.32. The van der Waals surface area contributed by atoms with Crippen LogP contribution >= 0.6 is 0 Å². The number of hydrogen-bond donors (Lipinski definition) is 2. The molecule has 0 aliphatic rings. The predicted octanol–water partition coefficient (Wildman–Crippen LogP) is 2.29. The average Bonchev–Trinajstić information content (AvgIpc) is 2.29. The number of ether oxygens (including phenoxy) is 1. The van der Waals surface area contributed by atoms with Crippen LogP contribution in [0.25, 0.3) is 0 Å². The van der Waals surface area contributed by atoms with Gasteiger partial charge in [-0.3, -0.25) is 0 Å². The quantitative estimate of drug-likeness (QED) is 0.806. The van der Waals surface area contributed by atoms with E-state index in [1.165, 1.54) is 5.56 Å². The number of carbonyl (C=O) groups is 1. The molecular formula is C14H22N2O2. The molecule has 0 saturated carbocycles. The van der Waals surface area contributed by atoms with Crippen molar-refractivity contribution in [3.8, 4) is 5.75 Å². The van der Waals surface area contributed by atoms with Crippen molar-refractivity contribution in [2.24, 2.45) is 0 Å². The van der Waals surface area contributed by atoms with Crippen LogP contribution in [0, 0.1) is 0 Å². The first-order chi connectivity index (χ1) is 8.43. The smallest absolute Gasteiger partial charge is 0.410 e. The molecule has 0 saturated heterocycles. The van der Waals surface area contributed by atoms with E-state index < -0.39 is 6.09 Å². The fourth-order valence-electron chi connectivity index (χ4n) is 1.46. The second-order valence-electron chi connectivity index (χ2n) is 5.19. The van der Waals surface area contributed by atoms with E-state index in [2.05, 4.69) is 31.4 Å². The molecule has 0 fully saturated rings. The Hall–Kier alpha value is -1.55. The highest BCUT2D eigenvalue weighted by molar-refractivity contribution is 5.70. The second-order valence-corrected chi connectivity index (χ2v) is 5.19. The maximum Gasteiger partial charge on any atom is 0.412 e. The zero-order valence-corrected chi connectivity index (χ0v) is 11.5. The molecule has 0 heterocycles. The first kappa shape index (κ1) is 14.5. The molecule has 0 spiro atoms. The van der Waals surface area contributed by atoms with Crippen LogP contribution in [0.1, 0.15) is 26.3 Å². The van der Waals surface area contributed by atoms with Crippen molar-refractivity contribution in [2.45, 2.75) is 26.2 Å². The number of benzene rings is 1. The molecule has 0 radical (unpaired) electrons. The number of carbonyl (C=O) groups excluding carboxylic acids is 1. The summed E-state index contributed by atoms with van der Waals surface area (Å²) >= 11 is 0. The molecule has 0 aromatic heterocycles. The zero-order chi connectivity index (χ0) is 13.6. The van der Waals surface area contributed by atoms with Gasteiger partial charge in [-0.2, -0.15) is 0 Å². The zero-order valence-electron chi connectivity index (χ0n) is 11.5. The van der Waals surface area contributed by atoms with Gasteiger partial charge in [0.2, 0.25) is 0 Å². The van der Waals surface area contributed by atoms with E-state index in [-0.39, 0.29) is 5.41 Å². The molecule has 0 unspecified atom stereocenters. The van der Waals surface area contributed by atoms with E-state index in [1.54, 1.807) is 0 Å². The van der Waals surface area contributed by atoms with Crippen molar-refractivity contribution in [1.29, 1.82) is 0 Å². The molecule has 18 heavy (non-hydrogen) atoms. The molecule has 0 aliphatic heterocycles. The molecule has 1 aromatic rings. The van der Waals surface area contributed by atoms with Gasteiger partial charge < -0.3 is 15.4 Å². The number of rotatable bonds is 4. The molecule has 1 rings (SSSR count). The minimum Gasteiger partial charge on any atom is -0.410 e. The largest absolute Gasteiger partial charge is 0.412 e. The van der Waals surface area contributed by atoms with Gasteiger partial charge in [-0.05, 0) is 30.2 Å². The van der Waals surface area contributed by atoms with E-state index in [0.717, 1.165) is 6.54 Å². The lowest BCUT2D eigenvalue weighted by Gasteiger charge is -2.19. The minimum atomic E-state index is -0.422. The van der Waals surface area contributed by atoms with Crippen LogP contribution in [-0.4, -0.2) is 26.2 Å². The van der Waals surface area contributed by atoms with Gasteiger partial charge in [0.25, 0.3) is 0 Å². The fraction of sp³-hybridized carbons (Fsp3) is 0.500. The molecule has 4 heteroatoms. The molecule has 1 amide bonds. The van der Waals surface area contributed by atoms with Crippen LogP contribution in [0.3, 0.4) is 0 Å². The SMILES string of the molecule is CNCCNC(=O)Oc1ccc(C(C)(C)C)cc1. The molecular weight excluding hydrogens is 228 g/mol. The van der Waals surface area contributed by atoms with Crippen molar-refractivity contribution >= 4 is 6.09 Å². The summed E-state index contributed by atoms with van der Waals surface area (Å²) in [7, 11) is 1.83. The van der Waals surface area contributed by atoms with Crippen molar-refractivity contribution in [1.82, 2.24) is 10.6 Å². The molecule has 0 aliphatic carbocycles. The van der Waals surface area contributed by atoms with E-state index >= 15 is 0 Å². The third kappa shape index (κ3) is 4.75. The molecule has 2 N–H and O–H groups in total. The summed E-state index contributed by atoms with van der Waals surface area (Å²) in [6.45, 7) is 7.71. The predicted molar refractivity (Wildman–Crippen MR) is 73.1 cm³/mol. The van der Waals surface area contributed by atoms with E-state index in [4.69, 9.17) is 4.74 Å². The van der Waals surface area contributed by atoms with Crippen molar-refractivity contribution in [3.63, 3.8) is 0 Å². The second kappa shape index (κ2) is 6.40. The summed E-state index contributed by atoms with van der Waals surface area (Å²) in [5.74, 6) is 0.560. The highest BCUT2D eigenvalue weighted by Gasteiger charge is 2.13. The lowest BCUT2D eigenvalue weighted by atomic mass is 9.87. The third-order valence-corrected chi connectivity index (χ3v) is 2.58. The minimum absolute atomic E-state index is 0.105. The number of likely N-dealkylation sites (N-methyl/N-ethyl adjacent to an activating group) is 1. The summed E-state index contributed by atoms with van der Waals surface area (Å²) < 4.78 is 5.15. The van der Waals surface area contributed by atoms with E-state index in [9.17, 15) is 4.79 Å². The van der Waals surface area contributed by atoms with Crippen molar-refractivity contribution < 1.29 is 9.53 Å². The molecule has 1 aromatic carbocycles. The Labute approximate surface area is 109 Å². The first-order valence-corrected chi connectivity index (χ1v) is 6.14. The monoisotopic (exact) mass is 250 g/mol. The molecule has 100 valence electrons. The van der Waals surface area contributed by atoms with Gasteiger partial charge in [0, 0.05) is 13.1 Å². The van der Waals surface area contributed by atoms with Crippen LogP contribution in [0.2, 0.25) is 0 Å². The average molecular weight is 250 g/mol. The van der Waals surface area contributed by atoms with Gasteiger partial charge in [-0.25, -0.2) is 4.79 Å². The highest BCUT2D eigenvalue weighted by Crippen LogP contribution is 2.24. The van der Waals surface area contributed by atoms with Crippen LogP contribution in [0.4, 0.5) is 4.79 Å². The van der Waals surface area contributed by atoms with Crippen LogP contribution in [0.5, 0.6) is 5.75 Å². The Bertz CT molecular complexity index is 380. The van der Waals surface area contributed by atoms with Crippen molar-refractivity contribution in [3.05, 3.63) is 29.8 Å². The Kier molecular flexibility index (Phi) is 5.16.